The highest BCUT2D eigenvalue weighted by atomic mass is 19.1. The Morgan fingerprint density at radius 1 is 1.35 bits per heavy atom. The van der Waals surface area contributed by atoms with Gasteiger partial charge in [-0.3, -0.25) is 9.69 Å². The highest BCUT2D eigenvalue weighted by Gasteiger charge is 2.26. The first kappa shape index (κ1) is 14.3. The second-order valence-electron chi connectivity index (χ2n) is 4.49. The van der Waals surface area contributed by atoms with E-state index in [0.29, 0.717) is 18.7 Å². The van der Waals surface area contributed by atoms with Gasteiger partial charge in [-0.25, -0.2) is 4.39 Å². The van der Waals surface area contributed by atoms with Gasteiger partial charge in [0.05, 0.1) is 12.5 Å². The number of carboxylic acid groups (broad SMARTS) is 1. The van der Waals surface area contributed by atoms with E-state index in [0.717, 1.165) is 5.56 Å². The van der Waals surface area contributed by atoms with E-state index in [4.69, 9.17) is 4.42 Å². The minimum atomic E-state index is -0.957. The molecule has 0 radical (unpaired) electrons. The summed E-state index contributed by atoms with van der Waals surface area (Å²) in [4.78, 5) is 13.3. The Morgan fingerprint density at radius 2 is 2.05 bits per heavy atom. The number of aliphatic carboxylic acids is 1. The van der Waals surface area contributed by atoms with Gasteiger partial charge in [-0.05, 0) is 30.3 Å². The lowest BCUT2D eigenvalue weighted by atomic mass is 10.0. The molecule has 5 heteroatoms. The van der Waals surface area contributed by atoms with Crippen LogP contribution in [0.4, 0.5) is 4.39 Å². The number of hydrogen-bond acceptors (Lipinski definition) is 3. The molecule has 0 aliphatic rings. The molecule has 1 heterocycles. The zero-order valence-electron chi connectivity index (χ0n) is 11.1. The van der Waals surface area contributed by atoms with Gasteiger partial charge in [0.2, 0.25) is 0 Å². The van der Waals surface area contributed by atoms with Gasteiger partial charge in [0.15, 0.2) is 0 Å². The lowest BCUT2D eigenvalue weighted by molar-refractivity contribution is -0.143. The van der Waals surface area contributed by atoms with E-state index >= 15 is 0 Å². The molecule has 106 valence electrons. The standard InChI is InChI=1S/C15H16FNO3/c1-2-17(9-11-7-8-20-10-11)14(15(18)19)12-3-5-13(16)6-4-12/h3-8,10,14H,2,9H2,1H3,(H,18,19). The molecule has 0 aliphatic heterocycles. The summed E-state index contributed by atoms with van der Waals surface area (Å²) in [6.07, 6.45) is 3.14. The van der Waals surface area contributed by atoms with Gasteiger partial charge in [-0.2, -0.15) is 0 Å². The first-order chi connectivity index (χ1) is 9.61. The van der Waals surface area contributed by atoms with Crippen LogP contribution in [0.2, 0.25) is 0 Å². The molecule has 0 fully saturated rings. The molecule has 0 amide bonds. The molecular formula is C15H16FNO3. The number of carboxylic acids is 1. The Kier molecular flexibility index (Phi) is 4.53. The molecule has 1 aromatic carbocycles. The number of hydrogen-bond donors (Lipinski definition) is 1. The van der Waals surface area contributed by atoms with Gasteiger partial charge >= 0.3 is 5.97 Å². The maximum absolute atomic E-state index is 13.0. The lowest BCUT2D eigenvalue weighted by Crippen LogP contribution is -2.33. The van der Waals surface area contributed by atoms with Crippen LogP contribution >= 0.6 is 0 Å². The molecule has 0 saturated carbocycles. The van der Waals surface area contributed by atoms with Gasteiger partial charge in [0.1, 0.15) is 11.9 Å². The van der Waals surface area contributed by atoms with E-state index < -0.39 is 12.0 Å². The number of benzene rings is 1. The van der Waals surface area contributed by atoms with Crippen LogP contribution < -0.4 is 0 Å². The predicted molar refractivity (Wildman–Crippen MR) is 71.6 cm³/mol. The first-order valence-electron chi connectivity index (χ1n) is 6.35. The molecule has 2 aromatic rings. The van der Waals surface area contributed by atoms with Crippen LogP contribution in [0.5, 0.6) is 0 Å². The van der Waals surface area contributed by atoms with Gasteiger partial charge in [0, 0.05) is 12.1 Å². The van der Waals surface area contributed by atoms with Gasteiger partial charge in [-0.15, -0.1) is 0 Å². The lowest BCUT2D eigenvalue weighted by Gasteiger charge is -2.27. The summed E-state index contributed by atoms with van der Waals surface area (Å²) < 4.78 is 18.0. The van der Waals surface area contributed by atoms with E-state index in [2.05, 4.69) is 0 Å². The van der Waals surface area contributed by atoms with Crippen molar-refractivity contribution in [1.82, 2.24) is 4.90 Å². The summed E-state index contributed by atoms with van der Waals surface area (Å²) in [6, 6.07) is 6.55. The third kappa shape index (κ3) is 3.24. The average molecular weight is 277 g/mol. The zero-order valence-corrected chi connectivity index (χ0v) is 11.1. The number of carbonyl (C=O) groups is 1. The minimum Gasteiger partial charge on any atom is -0.480 e. The van der Waals surface area contributed by atoms with Crippen LogP contribution in [-0.4, -0.2) is 22.5 Å². The molecule has 1 aromatic heterocycles. The number of halogens is 1. The zero-order chi connectivity index (χ0) is 14.5. The second-order valence-corrected chi connectivity index (χ2v) is 4.49. The molecule has 1 unspecified atom stereocenters. The summed E-state index contributed by atoms with van der Waals surface area (Å²) in [7, 11) is 0. The summed E-state index contributed by atoms with van der Waals surface area (Å²) in [5.41, 5.74) is 1.46. The van der Waals surface area contributed by atoms with E-state index in [1.165, 1.54) is 24.3 Å². The van der Waals surface area contributed by atoms with Crippen molar-refractivity contribution in [1.29, 1.82) is 0 Å². The van der Waals surface area contributed by atoms with Crippen molar-refractivity contribution in [2.75, 3.05) is 6.54 Å². The smallest absolute Gasteiger partial charge is 0.325 e. The van der Waals surface area contributed by atoms with Crippen molar-refractivity contribution in [2.24, 2.45) is 0 Å². The van der Waals surface area contributed by atoms with Crippen molar-refractivity contribution in [2.45, 2.75) is 19.5 Å². The SMILES string of the molecule is CCN(Cc1ccoc1)C(C(=O)O)c1ccc(F)cc1. The fourth-order valence-electron chi connectivity index (χ4n) is 2.16. The number of nitrogens with zero attached hydrogens (tertiary/aromatic N) is 1. The number of rotatable bonds is 6. The van der Waals surface area contributed by atoms with Gasteiger partial charge in [0.25, 0.3) is 0 Å². The van der Waals surface area contributed by atoms with Crippen molar-refractivity contribution in [3.63, 3.8) is 0 Å². The van der Waals surface area contributed by atoms with Crippen molar-refractivity contribution >= 4 is 5.97 Å². The normalized spacial score (nSPS) is 12.6. The van der Waals surface area contributed by atoms with Gasteiger partial charge < -0.3 is 9.52 Å². The number of furan rings is 1. The van der Waals surface area contributed by atoms with Crippen molar-refractivity contribution < 1.29 is 18.7 Å². The number of likely N-dealkylation sites (N-methyl/N-ethyl adjacent to an activating group) is 1. The largest absolute Gasteiger partial charge is 0.480 e. The monoisotopic (exact) mass is 277 g/mol. The minimum absolute atomic E-state index is 0.379. The molecule has 1 N–H and O–H groups in total. The molecule has 0 spiro atoms. The highest BCUT2D eigenvalue weighted by molar-refractivity contribution is 5.75. The van der Waals surface area contributed by atoms with Crippen molar-refractivity contribution in [3.05, 3.63) is 59.8 Å². The quantitative estimate of drug-likeness (QED) is 0.881. The highest BCUT2D eigenvalue weighted by Crippen LogP contribution is 2.23. The second kappa shape index (κ2) is 6.34. The molecule has 2 rings (SSSR count). The predicted octanol–water partition coefficient (Wildman–Crippen LogP) is 3.07. The maximum atomic E-state index is 13.0. The summed E-state index contributed by atoms with van der Waals surface area (Å²) in [6.45, 7) is 2.90. The van der Waals surface area contributed by atoms with Crippen LogP contribution in [0.15, 0.2) is 47.3 Å². The van der Waals surface area contributed by atoms with E-state index in [9.17, 15) is 14.3 Å². The fraction of sp³-hybridized carbons (Fsp3) is 0.267. The Hall–Kier alpha value is -2.14. The fourth-order valence-corrected chi connectivity index (χ4v) is 2.16. The molecule has 0 aliphatic carbocycles. The van der Waals surface area contributed by atoms with Gasteiger partial charge in [-0.1, -0.05) is 19.1 Å². The Balaban J connectivity index is 2.25. The van der Waals surface area contributed by atoms with Crippen LogP contribution in [0.1, 0.15) is 24.1 Å². The summed E-state index contributed by atoms with van der Waals surface area (Å²) in [5.74, 6) is -1.34. The Morgan fingerprint density at radius 3 is 2.55 bits per heavy atom. The molecule has 20 heavy (non-hydrogen) atoms. The third-order valence-electron chi connectivity index (χ3n) is 3.16. The summed E-state index contributed by atoms with van der Waals surface area (Å²) >= 11 is 0. The summed E-state index contributed by atoms with van der Waals surface area (Å²) in [5, 5.41) is 9.47. The third-order valence-corrected chi connectivity index (χ3v) is 3.16. The molecule has 1 atom stereocenters. The van der Waals surface area contributed by atoms with E-state index in [1.807, 2.05) is 6.92 Å². The Labute approximate surface area is 116 Å². The van der Waals surface area contributed by atoms with Crippen molar-refractivity contribution in [3.8, 4) is 0 Å². The molecule has 0 bridgehead atoms. The maximum Gasteiger partial charge on any atom is 0.325 e. The first-order valence-corrected chi connectivity index (χ1v) is 6.35. The van der Waals surface area contributed by atoms with Crippen LogP contribution in [0.3, 0.4) is 0 Å². The van der Waals surface area contributed by atoms with Crippen LogP contribution in [0, 0.1) is 5.82 Å². The average Bonchev–Trinajstić information content (AvgIpc) is 2.92. The van der Waals surface area contributed by atoms with E-state index in [-0.39, 0.29) is 5.82 Å². The van der Waals surface area contributed by atoms with Crippen LogP contribution in [-0.2, 0) is 11.3 Å². The molecular weight excluding hydrogens is 261 g/mol. The molecule has 0 saturated heterocycles. The topological polar surface area (TPSA) is 53.7 Å². The van der Waals surface area contributed by atoms with Crippen LogP contribution in [0.25, 0.3) is 0 Å². The van der Waals surface area contributed by atoms with E-state index in [1.54, 1.807) is 23.5 Å². The Bertz CT molecular complexity index is 551. The molecule has 4 nitrogen and oxygen atoms in total.